The molecule has 0 amide bonds. The highest BCUT2D eigenvalue weighted by Crippen LogP contribution is 2.20. The van der Waals surface area contributed by atoms with Crippen LogP contribution in [0.15, 0.2) is 53.5 Å². The number of methoxy groups -OCH3 is 2. The van der Waals surface area contributed by atoms with Crippen molar-refractivity contribution in [2.75, 3.05) is 33.9 Å². The maximum absolute atomic E-state index is 10.4. The molecule has 2 aromatic rings. The van der Waals surface area contributed by atoms with E-state index in [9.17, 15) is 5.11 Å². The van der Waals surface area contributed by atoms with Gasteiger partial charge >= 0.3 is 0 Å². The van der Waals surface area contributed by atoms with Gasteiger partial charge in [0.25, 0.3) is 0 Å². The minimum absolute atomic E-state index is 0.0857. The molecule has 0 fully saturated rings. The van der Waals surface area contributed by atoms with Gasteiger partial charge in [0.2, 0.25) is 0 Å². The van der Waals surface area contributed by atoms with Gasteiger partial charge in [-0.3, -0.25) is 4.99 Å². The number of benzene rings is 2. The number of hydrogen-bond donors (Lipinski definition) is 3. The molecule has 0 heterocycles. The molecule has 29 heavy (non-hydrogen) atoms. The van der Waals surface area contributed by atoms with Crippen molar-refractivity contribution in [1.29, 1.82) is 0 Å². The first-order valence-electron chi connectivity index (χ1n) is 9.70. The van der Waals surface area contributed by atoms with Crippen LogP contribution in [0, 0.1) is 0 Å². The van der Waals surface area contributed by atoms with Gasteiger partial charge in [-0.2, -0.15) is 0 Å². The Labute approximate surface area is 172 Å². The molecule has 0 bridgehead atoms. The van der Waals surface area contributed by atoms with E-state index in [4.69, 9.17) is 14.2 Å². The Morgan fingerprint density at radius 1 is 1.00 bits per heavy atom. The fourth-order valence-electron chi connectivity index (χ4n) is 2.64. The number of aliphatic hydroxyl groups is 1. The van der Waals surface area contributed by atoms with Crippen LogP contribution in [0.1, 0.15) is 25.5 Å². The molecule has 0 aliphatic rings. The van der Waals surface area contributed by atoms with Gasteiger partial charge in [-0.05, 0) is 43.7 Å². The normalized spacial score (nSPS) is 13.3. The summed E-state index contributed by atoms with van der Waals surface area (Å²) >= 11 is 0. The molecule has 3 N–H and O–H groups in total. The second-order valence-electron chi connectivity index (χ2n) is 6.50. The summed E-state index contributed by atoms with van der Waals surface area (Å²) in [6.45, 7) is 5.49. The van der Waals surface area contributed by atoms with Crippen molar-refractivity contribution in [3.63, 3.8) is 0 Å². The summed E-state index contributed by atoms with van der Waals surface area (Å²) in [6, 6.07) is 14.8. The molecule has 2 rings (SSSR count). The van der Waals surface area contributed by atoms with Crippen LogP contribution in [0.3, 0.4) is 0 Å². The Balaban J connectivity index is 1.88. The molecule has 7 heteroatoms. The van der Waals surface area contributed by atoms with Crippen LogP contribution in [-0.4, -0.2) is 51.0 Å². The van der Waals surface area contributed by atoms with Crippen LogP contribution < -0.4 is 24.8 Å². The van der Waals surface area contributed by atoms with Crippen LogP contribution in [0.5, 0.6) is 17.2 Å². The Kier molecular flexibility index (Phi) is 9.11. The van der Waals surface area contributed by atoms with E-state index in [1.165, 1.54) is 0 Å². The first-order valence-corrected chi connectivity index (χ1v) is 9.70. The van der Waals surface area contributed by atoms with Crippen LogP contribution >= 0.6 is 0 Å². The SMILES string of the molecule is CCNC(=NCC(O)c1ccc(OC)cc1)NCC(C)Oc1cccc(OC)c1. The summed E-state index contributed by atoms with van der Waals surface area (Å²) < 4.78 is 16.3. The minimum atomic E-state index is -0.693. The van der Waals surface area contributed by atoms with E-state index in [2.05, 4.69) is 15.6 Å². The van der Waals surface area contributed by atoms with E-state index in [0.717, 1.165) is 29.4 Å². The van der Waals surface area contributed by atoms with Crippen LogP contribution in [0.2, 0.25) is 0 Å². The first kappa shape index (κ1) is 22.4. The van der Waals surface area contributed by atoms with E-state index in [1.54, 1.807) is 14.2 Å². The molecule has 0 aliphatic carbocycles. The van der Waals surface area contributed by atoms with Crippen molar-refractivity contribution >= 4 is 5.96 Å². The smallest absolute Gasteiger partial charge is 0.191 e. The average Bonchev–Trinajstić information content (AvgIpc) is 2.75. The molecule has 0 aliphatic heterocycles. The number of guanidine groups is 1. The summed E-state index contributed by atoms with van der Waals surface area (Å²) in [4.78, 5) is 4.48. The van der Waals surface area contributed by atoms with Crippen molar-refractivity contribution < 1.29 is 19.3 Å². The molecule has 0 spiro atoms. The molecule has 7 nitrogen and oxygen atoms in total. The van der Waals surface area contributed by atoms with Crippen molar-refractivity contribution in [2.45, 2.75) is 26.1 Å². The summed E-state index contributed by atoms with van der Waals surface area (Å²) in [5, 5.41) is 16.8. The highest BCUT2D eigenvalue weighted by atomic mass is 16.5. The second kappa shape index (κ2) is 11.8. The van der Waals surface area contributed by atoms with Gasteiger partial charge in [-0.25, -0.2) is 0 Å². The average molecular weight is 402 g/mol. The topological polar surface area (TPSA) is 84.3 Å². The minimum Gasteiger partial charge on any atom is -0.497 e. The van der Waals surface area contributed by atoms with Gasteiger partial charge in [-0.15, -0.1) is 0 Å². The van der Waals surface area contributed by atoms with Gasteiger partial charge in [-0.1, -0.05) is 18.2 Å². The second-order valence-corrected chi connectivity index (χ2v) is 6.50. The highest BCUT2D eigenvalue weighted by molar-refractivity contribution is 5.79. The Morgan fingerprint density at radius 2 is 1.69 bits per heavy atom. The Hall–Kier alpha value is -2.93. The maximum Gasteiger partial charge on any atom is 0.191 e. The fraction of sp³-hybridized carbons (Fsp3) is 0.409. The lowest BCUT2D eigenvalue weighted by molar-refractivity contribution is 0.187. The number of rotatable bonds is 10. The summed E-state index contributed by atoms with van der Waals surface area (Å²) in [5.74, 6) is 2.88. The molecule has 2 unspecified atom stereocenters. The number of nitrogens with zero attached hydrogens (tertiary/aromatic N) is 1. The van der Waals surface area contributed by atoms with Gasteiger partial charge in [0.15, 0.2) is 5.96 Å². The number of nitrogens with one attached hydrogen (secondary N) is 2. The highest BCUT2D eigenvalue weighted by Gasteiger charge is 2.10. The molecule has 0 radical (unpaired) electrons. The van der Waals surface area contributed by atoms with Gasteiger partial charge in [0, 0.05) is 12.6 Å². The van der Waals surface area contributed by atoms with Gasteiger partial charge in [0.05, 0.1) is 33.4 Å². The molecule has 2 atom stereocenters. The molecular formula is C22H31N3O4. The summed E-state index contributed by atoms with van der Waals surface area (Å²) in [6.07, 6.45) is -0.778. The van der Waals surface area contributed by atoms with Crippen molar-refractivity contribution in [3.05, 3.63) is 54.1 Å². The lowest BCUT2D eigenvalue weighted by Gasteiger charge is -2.18. The Morgan fingerprint density at radius 3 is 2.34 bits per heavy atom. The third kappa shape index (κ3) is 7.54. The molecule has 2 aromatic carbocycles. The van der Waals surface area contributed by atoms with Crippen molar-refractivity contribution in [1.82, 2.24) is 10.6 Å². The van der Waals surface area contributed by atoms with Gasteiger partial charge < -0.3 is 30.0 Å². The zero-order valence-corrected chi connectivity index (χ0v) is 17.5. The van der Waals surface area contributed by atoms with E-state index in [1.807, 2.05) is 62.4 Å². The number of ether oxygens (including phenoxy) is 3. The molecule has 0 saturated heterocycles. The molecular weight excluding hydrogens is 370 g/mol. The number of aliphatic hydroxyl groups excluding tert-OH is 1. The third-order valence-electron chi connectivity index (χ3n) is 4.20. The zero-order chi connectivity index (χ0) is 21.1. The van der Waals surface area contributed by atoms with Crippen molar-refractivity contribution in [2.24, 2.45) is 4.99 Å². The maximum atomic E-state index is 10.4. The first-order chi connectivity index (χ1) is 14.0. The van der Waals surface area contributed by atoms with Gasteiger partial charge in [0.1, 0.15) is 23.4 Å². The van der Waals surface area contributed by atoms with Crippen LogP contribution in [-0.2, 0) is 0 Å². The van der Waals surface area contributed by atoms with Crippen LogP contribution in [0.25, 0.3) is 0 Å². The van der Waals surface area contributed by atoms with E-state index in [0.29, 0.717) is 12.5 Å². The standard InChI is InChI=1S/C22H31N3O4/c1-5-23-22(25-15-21(26)17-9-11-18(27-3)12-10-17)24-14-16(2)29-20-8-6-7-19(13-20)28-4/h6-13,16,21,26H,5,14-15H2,1-4H3,(H2,23,24,25). The quantitative estimate of drug-likeness (QED) is 0.419. The Bertz CT molecular complexity index is 765. The number of aliphatic imine (C=N–C) groups is 1. The zero-order valence-electron chi connectivity index (χ0n) is 17.5. The monoisotopic (exact) mass is 401 g/mol. The lowest BCUT2D eigenvalue weighted by atomic mass is 10.1. The predicted molar refractivity (Wildman–Crippen MR) is 115 cm³/mol. The van der Waals surface area contributed by atoms with Crippen molar-refractivity contribution in [3.8, 4) is 17.2 Å². The summed E-state index contributed by atoms with van der Waals surface area (Å²) in [5.41, 5.74) is 0.792. The number of hydrogen-bond acceptors (Lipinski definition) is 5. The molecule has 0 saturated carbocycles. The molecule has 0 aromatic heterocycles. The van der Waals surface area contributed by atoms with E-state index >= 15 is 0 Å². The predicted octanol–water partition coefficient (Wildman–Crippen LogP) is 2.76. The largest absolute Gasteiger partial charge is 0.497 e. The molecule has 158 valence electrons. The van der Waals surface area contributed by atoms with E-state index < -0.39 is 6.10 Å². The van der Waals surface area contributed by atoms with E-state index in [-0.39, 0.29) is 12.6 Å². The summed E-state index contributed by atoms with van der Waals surface area (Å²) in [7, 11) is 3.24. The fourth-order valence-corrected chi connectivity index (χ4v) is 2.64. The lowest BCUT2D eigenvalue weighted by Crippen LogP contribution is -2.42. The van der Waals surface area contributed by atoms with Crippen LogP contribution in [0.4, 0.5) is 0 Å². The third-order valence-corrected chi connectivity index (χ3v) is 4.20.